The highest BCUT2D eigenvalue weighted by atomic mass is 19.4. The van der Waals surface area contributed by atoms with Gasteiger partial charge in [-0.15, -0.1) is 0 Å². The predicted octanol–water partition coefficient (Wildman–Crippen LogP) is 20.8. The molecule has 0 radical (unpaired) electrons. The van der Waals surface area contributed by atoms with Crippen LogP contribution in [0.1, 0.15) is 22.3 Å². The second kappa shape index (κ2) is 19.0. The van der Waals surface area contributed by atoms with Crippen molar-refractivity contribution in [2.75, 3.05) is 9.80 Å². The third-order valence-corrected chi connectivity index (χ3v) is 14.3. The van der Waals surface area contributed by atoms with Gasteiger partial charge >= 0.3 is 12.4 Å². The average Bonchev–Trinajstić information content (AvgIpc) is 3.61. The lowest BCUT2D eigenvalue weighted by atomic mass is 9.91. The maximum atomic E-state index is 14.2. The Morgan fingerprint density at radius 2 is 0.592 bits per heavy atom. The Morgan fingerprint density at radius 3 is 0.921 bits per heavy atom. The molecule has 12 rings (SSSR count). The third kappa shape index (κ3) is 9.06. The lowest BCUT2D eigenvalue weighted by Crippen LogP contribution is -2.13. The molecule has 370 valence electrons. The number of nitrogens with zero attached hydrogens (tertiary/aromatic N) is 2. The number of hydrogen-bond acceptors (Lipinski definition) is 2. The van der Waals surface area contributed by atoms with E-state index in [9.17, 15) is 26.3 Å². The molecule has 0 unspecified atom stereocenters. The van der Waals surface area contributed by atoms with Crippen LogP contribution >= 0.6 is 0 Å². The highest BCUT2D eigenvalue weighted by Gasteiger charge is 2.32. The van der Waals surface area contributed by atoms with Crippen molar-refractivity contribution in [2.45, 2.75) is 26.2 Å². The van der Waals surface area contributed by atoms with Gasteiger partial charge in [0, 0.05) is 33.5 Å². The first-order valence-corrected chi connectivity index (χ1v) is 24.9. The van der Waals surface area contributed by atoms with Gasteiger partial charge in [-0.05, 0) is 177 Å². The summed E-state index contributed by atoms with van der Waals surface area (Å²) in [5.41, 5.74) is 12.4. The summed E-state index contributed by atoms with van der Waals surface area (Å²) in [5, 5.41) is 5.43. The van der Waals surface area contributed by atoms with Crippen molar-refractivity contribution in [3.8, 4) is 44.5 Å². The van der Waals surface area contributed by atoms with Gasteiger partial charge in [0.1, 0.15) is 0 Å². The second-order valence-electron chi connectivity index (χ2n) is 19.4. The summed E-state index contributed by atoms with van der Waals surface area (Å²) < 4.78 is 85.4. The first kappa shape index (κ1) is 47.8. The lowest BCUT2D eigenvalue weighted by Gasteiger charge is -2.30. The van der Waals surface area contributed by atoms with Crippen LogP contribution in [-0.4, -0.2) is 0 Å². The van der Waals surface area contributed by atoms with Gasteiger partial charge in [-0.25, -0.2) is 0 Å². The summed E-state index contributed by atoms with van der Waals surface area (Å²) in [7, 11) is 0. The van der Waals surface area contributed by atoms with Crippen LogP contribution in [0.4, 0.5) is 60.5 Å². The van der Waals surface area contributed by atoms with E-state index in [0.717, 1.165) is 135 Å². The Kier molecular flexibility index (Phi) is 11.9. The monoisotopic (exact) mass is 1000 g/mol. The Morgan fingerprint density at radius 1 is 0.276 bits per heavy atom. The van der Waals surface area contributed by atoms with Crippen LogP contribution in [0.25, 0.3) is 76.8 Å². The zero-order valence-electron chi connectivity index (χ0n) is 41.3. The maximum absolute atomic E-state index is 14.2. The molecule has 0 atom stereocenters. The molecular weight excluding hydrogens is 959 g/mol. The summed E-state index contributed by atoms with van der Waals surface area (Å²) in [5.74, 6) is 0. The molecule has 0 amide bonds. The molecule has 0 aliphatic carbocycles. The van der Waals surface area contributed by atoms with E-state index in [0.29, 0.717) is 11.4 Å². The minimum absolute atomic E-state index is 0.528. The summed E-state index contributed by atoms with van der Waals surface area (Å²) in [4.78, 5) is 4.07. The van der Waals surface area contributed by atoms with E-state index in [1.807, 2.05) is 109 Å². The van der Waals surface area contributed by atoms with Gasteiger partial charge in [-0.1, -0.05) is 157 Å². The topological polar surface area (TPSA) is 6.48 Å². The Hall–Kier alpha value is -9.14. The SMILES string of the molecule is Cc1ccc(-c2cc(-c3ccccc3)cc(N(c3ccc(C(F)(F)F)cc3)c3ccc4ccc5c(N(c6ccc(C(F)(F)F)cc6)c6cc(-c7ccccc7)cc(-c7ccc(C)cc7)c6)ccc6ccc3c4c65)c2)cc1. The van der Waals surface area contributed by atoms with Crippen molar-refractivity contribution in [3.63, 3.8) is 0 Å². The quantitative estimate of drug-likeness (QED) is 0.0995. The molecule has 0 bridgehead atoms. The van der Waals surface area contributed by atoms with Gasteiger partial charge in [-0.3, -0.25) is 0 Å². The molecule has 0 saturated carbocycles. The van der Waals surface area contributed by atoms with Gasteiger partial charge < -0.3 is 9.80 Å². The number of rotatable bonds is 10. The number of hydrogen-bond donors (Lipinski definition) is 0. The number of benzene rings is 12. The highest BCUT2D eigenvalue weighted by molar-refractivity contribution is 6.28. The van der Waals surface area contributed by atoms with Crippen LogP contribution in [-0.2, 0) is 12.4 Å². The fourth-order valence-electron chi connectivity index (χ4n) is 10.5. The van der Waals surface area contributed by atoms with Crippen LogP contribution in [0.3, 0.4) is 0 Å². The molecule has 0 saturated heterocycles. The summed E-state index contributed by atoms with van der Waals surface area (Å²) in [6.07, 6.45) is -9.08. The molecule has 0 aromatic heterocycles. The smallest absolute Gasteiger partial charge is 0.310 e. The molecule has 0 aliphatic heterocycles. The van der Waals surface area contributed by atoms with E-state index < -0.39 is 23.5 Å². The zero-order chi connectivity index (χ0) is 52.3. The lowest BCUT2D eigenvalue weighted by molar-refractivity contribution is -0.138. The van der Waals surface area contributed by atoms with E-state index in [1.165, 1.54) is 24.3 Å². The predicted molar refractivity (Wildman–Crippen MR) is 301 cm³/mol. The van der Waals surface area contributed by atoms with Gasteiger partial charge in [0.25, 0.3) is 0 Å². The fourth-order valence-corrected chi connectivity index (χ4v) is 10.5. The molecule has 12 aromatic rings. The van der Waals surface area contributed by atoms with E-state index in [1.54, 1.807) is 0 Å². The Bertz CT molecular complexity index is 3790. The third-order valence-electron chi connectivity index (χ3n) is 14.3. The van der Waals surface area contributed by atoms with E-state index in [4.69, 9.17) is 0 Å². The fraction of sp³-hybridized carbons (Fsp3) is 0.0588. The first-order chi connectivity index (χ1) is 36.7. The summed E-state index contributed by atoms with van der Waals surface area (Å²) in [6, 6.07) is 76.2. The minimum atomic E-state index is -4.54. The van der Waals surface area contributed by atoms with E-state index >= 15 is 0 Å². The number of halogens is 6. The van der Waals surface area contributed by atoms with Crippen LogP contribution in [0.2, 0.25) is 0 Å². The molecule has 8 heteroatoms. The summed E-state index contributed by atoms with van der Waals surface area (Å²) >= 11 is 0. The molecule has 0 N–H and O–H groups in total. The van der Waals surface area contributed by atoms with Gasteiger partial charge in [-0.2, -0.15) is 26.3 Å². The van der Waals surface area contributed by atoms with Crippen molar-refractivity contribution >= 4 is 66.4 Å². The Labute approximate surface area is 436 Å². The average molecular weight is 1010 g/mol. The van der Waals surface area contributed by atoms with Crippen molar-refractivity contribution in [2.24, 2.45) is 0 Å². The zero-order valence-corrected chi connectivity index (χ0v) is 41.3. The molecule has 12 aromatic carbocycles. The normalized spacial score (nSPS) is 11.9. The first-order valence-electron chi connectivity index (χ1n) is 24.9. The van der Waals surface area contributed by atoms with Crippen molar-refractivity contribution in [1.29, 1.82) is 0 Å². The highest BCUT2D eigenvalue weighted by Crippen LogP contribution is 2.50. The minimum Gasteiger partial charge on any atom is -0.310 e. The van der Waals surface area contributed by atoms with Crippen LogP contribution in [0.15, 0.2) is 243 Å². The maximum Gasteiger partial charge on any atom is 0.416 e. The molecule has 76 heavy (non-hydrogen) atoms. The van der Waals surface area contributed by atoms with Crippen molar-refractivity contribution in [3.05, 3.63) is 265 Å². The molecule has 2 nitrogen and oxygen atoms in total. The number of aryl methyl sites for hydroxylation is 2. The molecular formula is C68H46F6N2. The number of anilines is 6. The van der Waals surface area contributed by atoms with Gasteiger partial charge in [0.2, 0.25) is 0 Å². The van der Waals surface area contributed by atoms with Crippen LogP contribution < -0.4 is 9.80 Å². The van der Waals surface area contributed by atoms with E-state index in [-0.39, 0.29) is 0 Å². The molecule has 0 fully saturated rings. The van der Waals surface area contributed by atoms with E-state index in [2.05, 4.69) is 109 Å². The Balaban J connectivity index is 1.11. The molecule has 0 heterocycles. The largest absolute Gasteiger partial charge is 0.416 e. The van der Waals surface area contributed by atoms with Gasteiger partial charge in [0.15, 0.2) is 0 Å². The second-order valence-corrected chi connectivity index (χ2v) is 19.4. The molecule has 0 aliphatic rings. The standard InChI is InChI=1S/C68H46F6N2/c1-43-13-17-47(18-14-43)53-37-51(45-9-5-3-6-10-45)39-59(41-53)75(57-29-25-55(26-30-57)67(69,70)71)63-35-23-49-22-34-62-64(36-24-50-21-33-61(63)65(49)66(50)62)76(58-31-27-56(28-32-58)68(72,73)74)60-40-52(46-11-7-4-8-12-46)38-54(42-60)48-19-15-44(2)16-20-48/h3-42H,1-2H3. The molecule has 0 spiro atoms. The number of alkyl halides is 6. The summed E-state index contributed by atoms with van der Waals surface area (Å²) in [6.45, 7) is 4.08. The van der Waals surface area contributed by atoms with Crippen LogP contribution in [0, 0.1) is 13.8 Å². The van der Waals surface area contributed by atoms with Gasteiger partial charge in [0.05, 0.1) is 22.5 Å². The van der Waals surface area contributed by atoms with Crippen molar-refractivity contribution < 1.29 is 26.3 Å². The van der Waals surface area contributed by atoms with Crippen LogP contribution in [0.5, 0.6) is 0 Å². The van der Waals surface area contributed by atoms with Crippen molar-refractivity contribution in [1.82, 2.24) is 0 Å².